The number of aliphatic hydroxyl groups excluding tert-OH is 1. The average molecular weight is 352 g/mol. The molecule has 5 aliphatic rings. The molecule has 3 saturated carbocycles. The molecule has 0 bridgehead atoms. The molecule has 0 aromatic heterocycles. The van der Waals surface area contributed by atoms with Gasteiger partial charge in [0.1, 0.15) is 17.0 Å². The molecule has 1 aromatic carbocycles. The van der Waals surface area contributed by atoms with Gasteiger partial charge in [-0.3, -0.25) is 0 Å². The van der Waals surface area contributed by atoms with Crippen LogP contribution in [0.1, 0.15) is 56.1 Å². The van der Waals surface area contributed by atoms with E-state index in [1.54, 1.807) is 0 Å². The monoisotopic (exact) mass is 352 g/mol. The molecule has 1 aromatic rings. The van der Waals surface area contributed by atoms with E-state index in [0.717, 1.165) is 32.1 Å². The first-order chi connectivity index (χ1) is 12.5. The van der Waals surface area contributed by atoms with E-state index in [9.17, 15) is 10.2 Å². The second-order valence-electron chi connectivity index (χ2n) is 9.54. The molecule has 26 heavy (non-hydrogen) atoms. The molecule has 2 spiro atoms. The van der Waals surface area contributed by atoms with E-state index in [2.05, 4.69) is 19.6 Å². The quantitative estimate of drug-likeness (QED) is 0.595. The van der Waals surface area contributed by atoms with E-state index in [4.69, 9.17) is 4.74 Å². The zero-order chi connectivity index (χ0) is 17.8. The number of fused-ring (bicyclic) bond motifs is 4. The van der Waals surface area contributed by atoms with Crippen molar-refractivity contribution in [2.24, 2.45) is 23.7 Å². The molecule has 0 radical (unpaired) electrons. The highest BCUT2D eigenvalue weighted by molar-refractivity contribution is 5.45. The largest absolute Gasteiger partial charge is 0.508 e. The summed E-state index contributed by atoms with van der Waals surface area (Å²) in [7, 11) is 0. The Morgan fingerprint density at radius 1 is 1.31 bits per heavy atom. The number of aliphatic hydroxyl groups is 1. The van der Waals surface area contributed by atoms with Crippen LogP contribution in [0.2, 0.25) is 0 Å². The number of hydrogen-bond acceptors (Lipinski definition) is 3. The fourth-order valence-corrected chi connectivity index (χ4v) is 7.95. The maximum atomic E-state index is 10.8. The molecule has 2 N–H and O–H groups in total. The van der Waals surface area contributed by atoms with Gasteiger partial charge in [0, 0.05) is 5.92 Å². The van der Waals surface area contributed by atoms with Gasteiger partial charge in [0.05, 0.1) is 6.10 Å². The lowest BCUT2D eigenvalue weighted by Gasteiger charge is -2.49. The summed E-state index contributed by atoms with van der Waals surface area (Å²) in [5.74, 6) is 3.15. The number of hydrogen-bond donors (Lipinski definition) is 2. The van der Waals surface area contributed by atoms with Crippen LogP contribution in [0.4, 0.5) is 0 Å². The van der Waals surface area contributed by atoms with Gasteiger partial charge >= 0.3 is 0 Å². The van der Waals surface area contributed by atoms with E-state index in [1.807, 2.05) is 12.1 Å². The van der Waals surface area contributed by atoms with Crippen LogP contribution in [0.3, 0.4) is 0 Å². The number of phenols is 1. The van der Waals surface area contributed by atoms with Crippen molar-refractivity contribution in [2.75, 3.05) is 0 Å². The van der Waals surface area contributed by atoms with Crippen LogP contribution >= 0.6 is 0 Å². The minimum absolute atomic E-state index is 0.0838. The van der Waals surface area contributed by atoms with Gasteiger partial charge in [0.2, 0.25) is 0 Å². The van der Waals surface area contributed by atoms with Crippen molar-refractivity contribution in [2.45, 2.75) is 68.7 Å². The molecule has 1 heterocycles. The first-order valence-corrected chi connectivity index (χ1v) is 10.4. The van der Waals surface area contributed by atoms with Gasteiger partial charge < -0.3 is 14.9 Å². The summed E-state index contributed by atoms with van der Waals surface area (Å²) in [5, 5.41) is 20.7. The van der Waals surface area contributed by atoms with Crippen molar-refractivity contribution in [3.8, 4) is 5.75 Å². The summed E-state index contributed by atoms with van der Waals surface area (Å²) < 4.78 is 6.54. The average Bonchev–Trinajstić information content (AvgIpc) is 3.10. The molecule has 4 aliphatic carbocycles. The summed E-state index contributed by atoms with van der Waals surface area (Å²) >= 11 is 0. The highest BCUT2D eigenvalue weighted by atomic mass is 16.6. The molecule has 3 nitrogen and oxygen atoms in total. The second-order valence-corrected chi connectivity index (χ2v) is 9.54. The number of rotatable bonds is 1. The van der Waals surface area contributed by atoms with Gasteiger partial charge in [0.25, 0.3) is 0 Å². The normalized spacial score (nSPS) is 50.5. The molecular formula is C23H28O3. The van der Waals surface area contributed by atoms with Crippen molar-refractivity contribution >= 4 is 0 Å². The molecule has 4 fully saturated rings. The third-order valence-electron chi connectivity index (χ3n) is 8.85. The van der Waals surface area contributed by atoms with Crippen LogP contribution < -0.4 is 0 Å². The smallest absolute Gasteiger partial charge is 0.131 e. The lowest BCUT2D eigenvalue weighted by molar-refractivity contribution is 0.0196. The Labute approximate surface area is 155 Å². The number of phenolic OH excluding ortho intramolecular Hbond substituents is 1. The predicted molar refractivity (Wildman–Crippen MR) is 99.0 cm³/mol. The van der Waals surface area contributed by atoms with E-state index >= 15 is 0 Å². The number of benzene rings is 1. The van der Waals surface area contributed by atoms with Gasteiger partial charge in [0.15, 0.2) is 0 Å². The SMILES string of the molecule is C=C1C[C@H](O)[C@@]23O[C@@]24CCC2c5ccc(O)cc5C[C@@H](CC)C2C4C[C@@H]13. The lowest BCUT2D eigenvalue weighted by atomic mass is 9.55. The third kappa shape index (κ3) is 1.56. The molecule has 3 unspecified atom stereocenters. The fraction of sp³-hybridized carbons (Fsp3) is 0.652. The summed E-state index contributed by atoms with van der Waals surface area (Å²) in [6.45, 7) is 6.60. The van der Waals surface area contributed by atoms with Crippen molar-refractivity contribution in [1.29, 1.82) is 0 Å². The standard InChI is InChI=1S/C23H28O3/c1-3-13-9-14-10-15(24)4-5-16(14)17-6-7-22-19(21(13)17)11-18-12(2)8-20(25)23(18,22)26-22/h4-5,10,13,17-21,24-25H,2-3,6-9,11H2,1H3/t13-,17?,18+,19?,20+,21?,22-,23-/m1/s1. The van der Waals surface area contributed by atoms with Crippen LogP contribution in [0, 0.1) is 23.7 Å². The number of epoxide rings is 1. The van der Waals surface area contributed by atoms with Crippen molar-refractivity contribution in [3.05, 3.63) is 41.5 Å². The minimum Gasteiger partial charge on any atom is -0.508 e. The summed E-state index contributed by atoms with van der Waals surface area (Å²) in [6.07, 6.45) is 5.97. The van der Waals surface area contributed by atoms with E-state index in [1.165, 1.54) is 23.1 Å². The number of ether oxygens (including phenoxy) is 1. The van der Waals surface area contributed by atoms with Crippen molar-refractivity contribution < 1.29 is 14.9 Å². The van der Waals surface area contributed by atoms with Gasteiger partial charge in [-0.2, -0.15) is 0 Å². The molecule has 8 atom stereocenters. The maximum absolute atomic E-state index is 10.8. The summed E-state index contributed by atoms with van der Waals surface area (Å²) in [5.41, 5.74) is 3.64. The van der Waals surface area contributed by atoms with Crippen LogP contribution in [-0.4, -0.2) is 27.5 Å². The molecule has 1 aliphatic heterocycles. The lowest BCUT2D eigenvalue weighted by Crippen LogP contribution is -2.46. The van der Waals surface area contributed by atoms with Crippen molar-refractivity contribution in [1.82, 2.24) is 0 Å². The highest BCUT2D eigenvalue weighted by Crippen LogP contribution is 2.78. The first-order valence-electron chi connectivity index (χ1n) is 10.4. The molecule has 138 valence electrons. The molecule has 6 rings (SSSR count). The van der Waals surface area contributed by atoms with Gasteiger partial charge in [-0.05, 0) is 79.0 Å². The van der Waals surface area contributed by atoms with Crippen molar-refractivity contribution in [3.63, 3.8) is 0 Å². The molecular weight excluding hydrogens is 324 g/mol. The first kappa shape index (κ1) is 15.7. The summed E-state index contributed by atoms with van der Waals surface area (Å²) in [6, 6.07) is 6.01. The van der Waals surface area contributed by atoms with Crippen LogP contribution in [0.15, 0.2) is 30.4 Å². The van der Waals surface area contributed by atoms with E-state index < -0.39 is 0 Å². The van der Waals surface area contributed by atoms with Crippen LogP contribution in [-0.2, 0) is 11.2 Å². The van der Waals surface area contributed by atoms with Gasteiger partial charge in [-0.25, -0.2) is 0 Å². The fourth-order valence-electron chi connectivity index (χ4n) is 7.95. The Hall–Kier alpha value is -1.32. The molecule has 1 saturated heterocycles. The number of aromatic hydroxyl groups is 1. The Balaban J connectivity index is 1.44. The molecule has 0 amide bonds. The van der Waals surface area contributed by atoms with E-state index in [-0.39, 0.29) is 17.3 Å². The Kier molecular flexibility index (Phi) is 2.87. The Morgan fingerprint density at radius 3 is 2.96 bits per heavy atom. The molecule has 3 heteroatoms. The third-order valence-corrected chi connectivity index (χ3v) is 8.85. The van der Waals surface area contributed by atoms with Gasteiger partial charge in [-0.15, -0.1) is 0 Å². The summed E-state index contributed by atoms with van der Waals surface area (Å²) in [4.78, 5) is 0. The zero-order valence-corrected chi connectivity index (χ0v) is 15.4. The Bertz CT molecular complexity index is 816. The predicted octanol–water partition coefficient (Wildman–Crippen LogP) is 3.93. The van der Waals surface area contributed by atoms with Crippen LogP contribution in [0.25, 0.3) is 0 Å². The van der Waals surface area contributed by atoms with Crippen LogP contribution in [0.5, 0.6) is 5.75 Å². The second kappa shape index (κ2) is 4.74. The minimum atomic E-state index is -0.352. The maximum Gasteiger partial charge on any atom is 0.131 e. The zero-order valence-electron chi connectivity index (χ0n) is 15.4. The van der Waals surface area contributed by atoms with E-state index in [0.29, 0.717) is 35.3 Å². The van der Waals surface area contributed by atoms with Gasteiger partial charge in [-0.1, -0.05) is 31.6 Å². The Morgan fingerprint density at radius 2 is 2.15 bits per heavy atom. The topological polar surface area (TPSA) is 53.0 Å². The highest BCUT2D eigenvalue weighted by Gasteiger charge is 2.86.